The SMILES string of the molecule is CNC(=O)CCC(C=O)n1c(=O)n(C)c2cc(CCCCCCCC=O)ccc21. The Morgan fingerprint density at radius 1 is 1.10 bits per heavy atom. The van der Waals surface area contributed by atoms with Crippen molar-refractivity contribution in [1.82, 2.24) is 14.5 Å². The molecule has 1 heterocycles. The first-order valence-corrected chi connectivity index (χ1v) is 10.3. The molecule has 2 rings (SSSR count). The number of hydrogen-bond acceptors (Lipinski definition) is 4. The van der Waals surface area contributed by atoms with E-state index in [2.05, 4.69) is 5.32 Å². The number of imidazole rings is 1. The monoisotopic (exact) mass is 401 g/mol. The Morgan fingerprint density at radius 3 is 2.52 bits per heavy atom. The first-order valence-electron chi connectivity index (χ1n) is 10.3. The van der Waals surface area contributed by atoms with Crippen LogP contribution in [0.2, 0.25) is 0 Å². The predicted octanol–water partition coefficient (Wildman–Crippen LogP) is 2.69. The van der Waals surface area contributed by atoms with Crippen LogP contribution < -0.4 is 11.0 Å². The number of fused-ring (bicyclic) bond motifs is 1. The third-order valence-electron chi connectivity index (χ3n) is 5.38. The third kappa shape index (κ3) is 5.89. The summed E-state index contributed by atoms with van der Waals surface area (Å²) >= 11 is 0. The van der Waals surface area contributed by atoms with E-state index in [1.165, 1.54) is 4.57 Å². The average molecular weight is 402 g/mol. The van der Waals surface area contributed by atoms with E-state index < -0.39 is 6.04 Å². The van der Waals surface area contributed by atoms with E-state index in [-0.39, 0.29) is 24.4 Å². The lowest BCUT2D eigenvalue weighted by Gasteiger charge is -2.12. The first kappa shape index (κ1) is 22.6. The summed E-state index contributed by atoms with van der Waals surface area (Å²) in [6.07, 6.45) is 9.10. The molecule has 2 aromatic rings. The quantitative estimate of drug-likeness (QED) is 0.413. The topological polar surface area (TPSA) is 90.2 Å². The molecule has 7 heteroatoms. The largest absolute Gasteiger partial charge is 0.359 e. The van der Waals surface area contributed by atoms with Crippen molar-refractivity contribution < 1.29 is 14.4 Å². The molecule has 1 aromatic heterocycles. The van der Waals surface area contributed by atoms with E-state index in [1.807, 2.05) is 18.2 Å². The van der Waals surface area contributed by atoms with Crippen molar-refractivity contribution in [3.05, 3.63) is 34.2 Å². The van der Waals surface area contributed by atoms with Gasteiger partial charge in [-0.25, -0.2) is 4.79 Å². The van der Waals surface area contributed by atoms with Gasteiger partial charge in [-0.2, -0.15) is 0 Å². The normalized spacial score (nSPS) is 12.1. The van der Waals surface area contributed by atoms with Gasteiger partial charge >= 0.3 is 5.69 Å². The van der Waals surface area contributed by atoms with Crippen molar-refractivity contribution >= 4 is 29.5 Å². The number of hydrogen-bond donors (Lipinski definition) is 1. The number of aryl methyl sites for hydroxylation is 2. The molecule has 0 fully saturated rings. The zero-order chi connectivity index (χ0) is 21.2. The highest BCUT2D eigenvalue weighted by atomic mass is 16.2. The van der Waals surface area contributed by atoms with Gasteiger partial charge in [0.1, 0.15) is 12.6 Å². The first-order chi connectivity index (χ1) is 14.0. The number of aldehydes is 2. The van der Waals surface area contributed by atoms with Crippen LogP contribution in [0.25, 0.3) is 11.0 Å². The van der Waals surface area contributed by atoms with Crippen molar-refractivity contribution in [2.75, 3.05) is 7.05 Å². The smallest absolute Gasteiger partial charge is 0.329 e. The minimum atomic E-state index is -0.666. The maximum Gasteiger partial charge on any atom is 0.329 e. The zero-order valence-electron chi connectivity index (χ0n) is 17.4. The summed E-state index contributed by atoms with van der Waals surface area (Å²) in [5.74, 6) is -0.154. The fraction of sp³-hybridized carbons (Fsp3) is 0.545. The van der Waals surface area contributed by atoms with Crippen molar-refractivity contribution in [2.24, 2.45) is 7.05 Å². The Balaban J connectivity index is 2.10. The van der Waals surface area contributed by atoms with Gasteiger partial charge in [0.05, 0.1) is 17.1 Å². The number of rotatable bonds is 13. The van der Waals surface area contributed by atoms with E-state index in [9.17, 15) is 19.2 Å². The molecule has 1 atom stereocenters. The molecule has 7 nitrogen and oxygen atoms in total. The highest BCUT2D eigenvalue weighted by Crippen LogP contribution is 2.21. The van der Waals surface area contributed by atoms with Gasteiger partial charge in [0.15, 0.2) is 0 Å². The summed E-state index contributed by atoms with van der Waals surface area (Å²) in [4.78, 5) is 46.2. The number of aromatic nitrogens is 2. The van der Waals surface area contributed by atoms with Gasteiger partial charge in [-0.15, -0.1) is 0 Å². The summed E-state index contributed by atoms with van der Waals surface area (Å²) in [6.45, 7) is 0. The molecule has 0 bridgehead atoms. The molecule has 0 aliphatic rings. The molecule has 29 heavy (non-hydrogen) atoms. The fourth-order valence-corrected chi connectivity index (χ4v) is 3.63. The van der Waals surface area contributed by atoms with Gasteiger partial charge in [-0.1, -0.05) is 25.3 Å². The number of unbranched alkanes of at least 4 members (excludes halogenated alkanes) is 5. The molecule has 1 unspecified atom stereocenters. The maximum absolute atomic E-state index is 12.7. The van der Waals surface area contributed by atoms with Gasteiger partial charge in [0, 0.05) is 26.9 Å². The summed E-state index contributed by atoms with van der Waals surface area (Å²) in [6, 6.07) is 5.25. The van der Waals surface area contributed by atoms with Crippen LogP contribution in [-0.4, -0.2) is 34.7 Å². The highest BCUT2D eigenvalue weighted by Gasteiger charge is 2.20. The second kappa shape index (κ2) is 11.3. The summed E-state index contributed by atoms with van der Waals surface area (Å²) in [5, 5.41) is 2.54. The Hall–Kier alpha value is -2.70. The van der Waals surface area contributed by atoms with E-state index in [0.29, 0.717) is 11.9 Å². The van der Waals surface area contributed by atoms with Crippen LogP contribution in [0, 0.1) is 0 Å². The second-order valence-electron chi connectivity index (χ2n) is 7.42. The maximum atomic E-state index is 12.7. The number of carbonyl (C=O) groups excluding carboxylic acids is 3. The van der Waals surface area contributed by atoms with E-state index in [1.54, 1.807) is 18.7 Å². The van der Waals surface area contributed by atoms with Crippen LogP contribution in [0.1, 0.15) is 63.0 Å². The Kier molecular flexibility index (Phi) is 8.83. The lowest BCUT2D eigenvalue weighted by Crippen LogP contribution is -2.28. The molecule has 1 amide bonds. The molecule has 1 aromatic carbocycles. The van der Waals surface area contributed by atoms with Crippen molar-refractivity contribution in [1.29, 1.82) is 0 Å². The lowest BCUT2D eigenvalue weighted by atomic mass is 10.0. The standard InChI is InChI=1S/C22H31N3O4/c1-23-21(28)13-11-18(16-27)25-19-12-10-17(15-20(19)24(2)22(25)29)9-7-5-3-4-6-8-14-26/h10,12,14-16,18H,3-9,11,13H2,1-2H3,(H,23,28). The minimum absolute atomic E-state index is 0.154. The lowest BCUT2D eigenvalue weighted by molar-refractivity contribution is -0.121. The Bertz CT molecular complexity index is 897. The van der Waals surface area contributed by atoms with Gasteiger partial charge in [-0.3, -0.25) is 13.9 Å². The summed E-state index contributed by atoms with van der Waals surface area (Å²) in [5.41, 5.74) is 2.42. The molecular formula is C22H31N3O4. The average Bonchev–Trinajstić information content (AvgIpc) is 2.98. The minimum Gasteiger partial charge on any atom is -0.359 e. The van der Waals surface area contributed by atoms with E-state index >= 15 is 0 Å². The molecule has 0 spiro atoms. The van der Waals surface area contributed by atoms with Crippen LogP contribution in [0.4, 0.5) is 0 Å². The number of carbonyl (C=O) groups is 3. The van der Waals surface area contributed by atoms with Crippen molar-refractivity contribution in [2.45, 2.75) is 63.8 Å². The van der Waals surface area contributed by atoms with E-state index in [4.69, 9.17) is 0 Å². The zero-order valence-corrected chi connectivity index (χ0v) is 17.4. The molecule has 0 radical (unpaired) electrons. The fourth-order valence-electron chi connectivity index (χ4n) is 3.63. The molecular weight excluding hydrogens is 370 g/mol. The Labute approximate surface area is 171 Å². The number of nitrogens with zero attached hydrogens (tertiary/aromatic N) is 2. The van der Waals surface area contributed by atoms with Crippen LogP contribution in [0.15, 0.2) is 23.0 Å². The predicted molar refractivity (Wildman–Crippen MR) is 113 cm³/mol. The molecule has 0 aliphatic heterocycles. The van der Waals surface area contributed by atoms with Gasteiger partial charge < -0.3 is 14.9 Å². The summed E-state index contributed by atoms with van der Waals surface area (Å²) < 4.78 is 3.05. The van der Waals surface area contributed by atoms with Crippen LogP contribution in [0.5, 0.6) is 0 Å². The van der Waals surface area contributed by atoms with Gasteiger partial charge in [0.2, 0.25) is 5.91 Å². The molecule has 0 aliphatic carbocycles. The van der Waals surface area contributed by atoms with Crippen molar-refractivity contribution in [3.8, 4) is 0 Å². The summed E-state index contributed by atoms with van der Waals surface area (Å²) in [7, 11) is 3.26. The molecule has 1 N–H and O–H groups in total. The van der Waals surface area contributed by atoms with Gasteiger partial charge in [0.25, 0.3) is 0 Å². The van der Waals surface area contributed by atoms with E-state index in [0.717, 1.165) is 62.2 Å². The number of amides is 1. The number of nitrogens with one attached hydrogen (secondary N) is 1. The molecule has 0 saturated heterocycles. The van der Waals surface area contributed by atoms with Crippen LogP contribution in [-0.2, 0) is 27.9 Å². The number of benzene rings is 1. The second-order valence-corrected chi connectivity index (χ2v) is 7.42. The Morgan fingerprint density at radius 2 is 1.83 bits per heavy atom. The van der Waals surface area contributed by atoms with Crippen LogP contribution >= 0.6 is 0 Å². The highest BCUT2D eigenvalue weighted by molar-refractivity contribution is 5.79. The van der Waals surface area contributed by atoms with Crippen molar-refractivity contribution in [3.63, 3.8) is 0 Å². The molecule has 0 saturated carbocycles. The molecule has 158 valence electrons. The van der Waals surface area contributed by atoms with Gasteiger partial charge in [-0.05, 0) is 43.4 Å². The van der Waals surface area contributed by atoms with Crippen LogP contribution in [0.3, 0.4) is 0 Å². The third-order valence-corrected chi connectivity index (χ3v) is 5.38.